The molecule has 0 saturated heterocycles. The number of anilines is 1. The van der Waals surface area contributed by atoms with Crippen molar-refractivity contribution in [1.29, 1.82) is 0 Å². The average Bonchev–Trinajstić information content (AvgIpc) is 2.81. The van der Waals surface area contributed by atoms with Gasteiger partial charge in [-0.05, 0) is 24.3 Å². The van der Waals surface area contributed by atoms with E-state index < -0.39 is 0 Å². The summed E-state index contributed by atoms with van der Waals surface area (Å²) in [6.45, 7) is 2.28. The van der Waals surface area contributed by atoms with Crippen LogP contribution in [0.2, 0.25) is 0 Å². The SMILES string of the molecule is COc1ccc(N(CN2CC=CC2=O)C(C)=O)cc1. The molecule has 0 radical (unpaired) electrons. The summed E-state index contributed by atoms with van der Waals surface area (Å²) in [7, 11) is 1.59. The van der Waals surface area contributed by atoms with Gasteiger partial charge in [-0.2, -0.15) is 0 Å². The zero-order chi connectivity index (χ0) is 13.8. The molecule has 1 aromatic rings. The number of nitrogens with zero attached hydrogens (tertiary/aromatic N) is 2. The van der Waals surface area contributed by atoms with E-state index in [1.807, 2.05) is 0 Å². The molecule has 1 aliphatic heterocycles. The maximum Gasteiger partial charge on any atom is 0.248 e. The van der Waals surface area contributed by atoms with E-state index in [0.29, 0.717) is 6.54 Å². The molecule has 0 spiro atoms. The number of methoxy groups -OCH3 is 1. The Morgan fingerprint density at radius 3 is 2.53 bits per heavy atom. The van der Waals surface area contributed by atoms with Crippen LogP contribution in [-0.4, -0.2) is 37.0 Å². The van der Waals surface area contributed by atoms with Gasteiger partial charge in [0, 0.05) is 25.2 Å². The highest BCUT2D eigenvalue weighted by molar-refractivity contribution is 5.94. The van der Waals surface area contributed by atoms with Crippen molar-refractivity contribution in [3.8, 4) is 5.75 Å². The maximum atomic E-state index is 11.7. The van der Waals surface area contributed by atoms with E-state index in [2.05, 4.69) is 0 Å². The molecule has 1 aromatic carbocycles. The number of benzene rings is 1. The molecule has 2 amide bonds. The minimum Gasteiger partial charge on any atom is -0.497 e. The Morgan fingerprint density at radius 2 is 2.05 bits per heavy atom. The van der Waals surface area contributed by atoms with Crippen molar-refractivity contribution in [1.82, 2.24) is 4.90 Å². The Labute approximate surface area is 112 Å². The smallest absolute Gasteiger partial charge is 0.248 e. The van der Waals surface area contributed by atoms with E-state index >= 15 is 0 Å². The Bertz CT molecular complexity index is 508. The van der Waals surface area contributed by atoms with Gasteiger partial charge in [-0.3, -0.25) is 14.5 Å². The Morgan fingerprint density at radius 1 is 1.37 bits per heavy atom. The van der Waals surface area contributed by atoms with Crippen molar-refractivity contribution in [2.45, 2.75) is 6.92 Å². The average molecular weight is 260 g/mol. The molecule has 5 heteroatoms. The summed E-state index contributed by atoms with van der Waals surface area (Å²) in [6, 6.07) is 7.17. The third-order valence-electron chi connectivity index (χ3n) is 2.97. The van der Waals surface area contributed by atoms with Crippen LogP contribution in [0.15, 0.2) is 36.4 Å². The first-order chi connectivity index (χ1) is 9.11. The summed E-state index contributed by atoms with van der Waals surface area (Å²) < 4.78 is 5.08. The molecule has 1 aliphatic rings. The number of hydrogen-bond acceptors (Lipinski definition) is 3. The number of ether oxygens (including phenoxy) is 1. The predicted octanol–water partition coefficient (Wildman–Crippen LogP) is 1.40. The number of rotatable bonds is 4. The molecule has 0 bridgehead atoms. The maximum absolute atomic E-state index is 11.7. The number of amides is 2. The summed E-state index contributed by atoms with van der Waals surface area (Å²) in [4.78, 5) is 26.4. The first kappa shape index (κ1) is 13.1. The van der Waals surface area contributed by atoms with E-state index in [0.717, 1.165) is 11.4 Å². The summed E-state index contributed by atoms with van der Waals surface area (Å²) in [5, 5.41) is 0. The summed E-state index contributed by atoms with van der Waals surface area (Å²) in [6.07, 6.45) is 3.31. The molecule has 0 atom stereocenters. The van der Waals surface area contributed by atoms with Gasteiger partial charge < -0.3 is 9.64 Å². The number of hydrogen-bond donors (Lipinski definition) is 0. The van der Waals surface area contributed by atoms with Crippen LogP contribution in [0, 0.1) is 0 Å². The van der Waals surface area contributed by atoms with Crippen LogP contribution >= 0.6 is 0 Å². The van der Waals surface area contributed by atoms with Crippen LogP contribution in [0.25, 0.3) is 0 Å². The molecule has 0 aliphatic carbocycles. The molecule has 0 N–H and O–H groups in total. The first-order valence-electron chi connectivity index (χ1n) is 5.99. The lowest BCUT2D eigenvalue weighted by molar-refractivity contribution is -0.125. The number of carbonyl (C=O) groups is 2. The Balaban J connectivity index is 2.15. The molecule has 0 unspecified atom stereocenters. The topological polar surface area (TPSA) is 49.9 Å². The number of carbonyl (C=O) groups excluding carboxylic acids is 2. The minimum atomic E-state index is -0.107. The molecule has 1 heterocycles. The molecule has 5 nitrogen and oxygen atoms in total. The van der Waals surface area contributed by atoms with Gasteiger partial charge in [0.1, 0.15) is 12.4 Å². The highest BCUT2D eigenvalue weighted by Gasteiger charge is 2.20. The van der Waals surface area contributed by atoms with Gasteiger partial charge in [-0.1, -0.05) is 6.08 Å². The highest BCUT2D eigenvalue weighted by atomic mass is 16.5. The van der Waals surface area contributed by atoms with Gasteiger partial charge in [0.2, 0.25) is 11.8 Å². The Hall–Kier alpha value is -2.30. The highest BCUT2D eigenvalue weighted by Crippen LogP contribution is 2.20. The van der Waals surface area contributed by atoms with Crippen molar-refractivity contribution in [2.24, 2.45) is 0 Å². The second-order valence-electron chi connectivity index (χ2n) is 4.25. The molecule has 0 fully saturated rings. The zero-order valence-electron chi connectivity index (χ0n) is 11.0. The van der Waals surface area contributed by atoms with Gasteiger partial charge in [0.25, 0.3) is 0 Å². The zero-order valence-corrected chi connectivity index (χ0v) is 11.0. The van der Waals surface area contributed by atoms with Crippen molar-refractivity contribution >= 4 is 17.5 Å². The standard InChI is InChI=1S/C14H16N2O3/c1-11(17)16(10-15-9-3-4-14(15)18)12-5-7-13(19-2)8-6-12/h3-8H,9-10H2,1-2H3. The van der Waals surface area contributed by atoms with Crippen molar-refractivity contribution in [3.05, 3.63) is 36.4 Å². The molecule has 0 saturated carbocycles. The molecular formula is C14H16N2O3. The van der Waals surface area contributed by atoms with Gasteiger partial charge >= 0.3 is 0 Å². The lowest BCUT2D eigenvalue weighted by atomic mass is 10.2. The fraction of sp³-hybridized carbons (Fsp3) is 0.286. The summed E-state index contributed by atoms with van der Waals surface area (Å²) in [5.74, 6) is 0.552. The fourth-order valence-electron chi connectivity index (χ4n) is 1.90. The normalized spacial score (nSPS) is 13.8. The Kier molecular flexibility index (Phi) is 3.85. The minimum absolute atomic E-state index is 0.0697. The van der Waals surface area contributed by atoms with Gasteiger partial charge in [-0.15, -0.1) is 0 Å². The third kappa shape index (κ3) is 2.93. The van der Waals surface area contributed by atoms with E-state index in [-0.39, 0.29) is 18.5 Å². The van der Waals surface area contributed by atoms with Gasteiger partial charge in [0.15, 0.2) is 0 Å². The van der Waals surface area contributed by atoms with Gasteiger partial charge in [0.05, 0.1) is 7.11 Å². The molecule has 100 valence electrons. The van der Waals surface area contributed by atoms with E-state index in [9.17, 15) is 9.59 Å². The molecule has 19 heavy (non-hydrogen) atoms. The second-order valence-corrected chi connectivity index (χ2v) is 4.25. The lowest BCUT2D eigenvalue weighted by Gasteiger charge is -2.27. The van der Waals surface area contributed by atoms with Crippen LogP contribution < -0.4 is 9.64 Å². The van der Waals surface area contributed by atoms with Crippen LogP contribution in [0.5, 0.6) is 5.75 Å². The largest absolute Gasteiger partial charge is 0.497 e. The van der Waals surface area contributed by atoms with Gasteiger partial charge in [-0.25, -0.2) is 0 Å². The molecular weight excluding hydrogens is 244 g/mol. The molecule has 2 rings (SSSR count). The molecule has 0 aromatic heterocycles. The summed E-state index contributed by atoms with van der Waals surface area (Å²) in [5.41, 5.74) is 0.744. The fourth-order valence-corrected chi connectivity index (χ4v) is 1.90. The van der Waals surface area contributed by atoms with Crippen molar-refractivity contribution < 1.29 is 14.3 Å². The van der Waals surface area contributed by atoms with Crippen molar-refractivity contribution in [3.63, 3.8) is 0 Å². The van der Waals surface area contributed by atoms with E-state index in [4.69, 9.17) is 4.74 Å². The lowest BCUT2D eigenvalue weighted by Crippen LogP contribution is -2.41. The van der Waals surface area contributed by atoms with Crippen LogP contribution in [0.3, 0.4) is 0 Å². The van der Waals surface area contributed by atoms with Crippen molar-refractivity contribution in [2.75, 3.05) is 25.2 Å². The van der Waals surface area contributed by atoms with Crippen LogP contribution in [0.4, 0.5) is 5.69 Å². The van der Waals surface area contributed by atoms with E-state index in [1.54, 1.807) is 47.3 Å². The monoisotopic (exact) mass is 260 g/mol. The van der Waals surface area contributed by atoms with Crippen LogP contribution in [0.1, 0.15) is 6.92 Å². The van der Waals surface area contributed by atoms with Crippen LogP contribution in [-0.2, 0) is 9.59 Å². The predicted molar refractivity (Wildman–Crippen MR) is 71.9 cm³/mol. The summed E-state index contributed by atoms with van der Waals surface area (Å²) >= 11 is 0. The first-order valence-corrected chi connectivity index (χ1v) is 5.99. The third-order valence-corrected chi connectivity index (χ3v) is 2.97. The quantitative estimate of drug-likeness (QED) is 0.822. The van der Waals surface area contributed by atoms with E-state index in [1.165, 1.54) is 13.0 Å². The second kappa shape index (κ2) is 5.56.